The highest BCUT2D eigenvalue weighted by Crippen LogP contribution is 2.29. The van der Waals surface area contributed by atoms with Crippen LogP contribution in [0.5, 0.6) is 0 Å². The molecule has 11 heteroatoms. The fourth-order valence-electron chi connectivity index (χ4n) is 4.22. The molecule has 0 bridgehead atoms. The first kappa shape index (κ1) is 25.7. The monoisotopic (exact) mass is 526 g/mol. The molecule has 2 N–H and O–H groups in total. The van der Waals surface area contributed by atoms with Gasteiger partial charge in [0.25, 0.3) is 17.4 Å². The van der Waals surface area contributed by atoms with Crippen LogP contribution in [0, 0.1) is 0 Å². The maximum atomic E-state index is 12.9. The molecule has 0 aliphatic carbocycles. The van der Waals surface area contributed by atoms with E-state index in [-0.39, 0.29) is 36.4 Å². The minimum atomic E-state index is -0.616. The van der Waals surface area contributed by atoms with Crippen molar-refractivity contribution in [2.75, 3.05) is 11.9 Å². The predicted octanol–water partition coefficient (Wildman–Crippen LogP) is 3.63. The van der Waals surface area contributed by atoms with Crippen LogP contribution in [-0.4, -0.2) is 49.3 Å². The Morgan fingerprint density at radius 1 is 0.821 bits per heavy atom. The van der Waals surface area contributed by atoms with Crippen LogP contribution in [0.4, 0.5) is 5.95 Å². The first-order chi connectivity index (χ1) is 19.0. The molecule has 0 atom stereocenters. The lowest BCUT2D eigenvalue weighted by molar-refractivity contribution is -0.197. The number of hydroxylamine groups is 2. The average molecular weight is 527 g/mol. The predicted molar refractivity (Wildman–Crippen MR) is 143 cm³/mol. The lowest BCUT2D eigenvalue weighted by Crippen LogP contribution is -2.31. The van der Waals surface area contributed by atoms with E-state index in [0.717, 1.165) is 11.1 Å². The topological polar surface area (TPSA) is 147 Å². The average Bonchev–Trinajstić information content (AvgIpc) is 3.27. The molecule has 0 spiro atoms. The van der Waals surface area contributed by atoms with E-state index in [2.05, 4.69) is 20.3 Å². The molecule has 11 nitrogen and oxygen atoms in total. The number of fused-ring (bicyclic) bond motifs is 1. The van der Waals surface area contributed by atoms with Crippen molar-refractivity contribution in [1.82, 2.24) is 25.0 Å². The Bertz CT molecular complexity index is 1560. The third kappa shape index (κ3) is 5.98. The summed E-state index contributed by atoms with van der Waals surface area (Å²) < 4.78 is 0. The number of benzene rings is 2. The molecule has 0 unspecified atom stereocenters. The van der Waals surface area contributed by atoms with E-state index >= 15 is 0 Å². The SMILES string of the molecule is O=C(CCCCCNc1nc2nc(-c3ccccc3)c(-c3ccccc3)nc2c(=O)[nH]1)ON1C(=O)CCC1=O. The highest BCUT2D eigenvalue weighted by molar-refractivity contribution is 6.01. The zero-order valence-corrected chi connectivity index (χ0v) is 21.1. The van der Waals surface area contributed by atoms with Gasteiger partial charge in [0.15, 0.2) is 11.2 Å². The molecule has 0 radical (unpaired) electrons. The van der Waals surface area contributed by atoms with Crippen LogP contribution in [-0.2, 0) is 19.2 Å². The number of anilines is 1. The lowest BCUT2D eigenvalue weighted by Gasteiger charge is -2.12. The summed E-state index contributed by atoms with van der Waals surface area (Å²) in [5.74, 6) is -1.33. The summed E-state index contributed by atoms with van der Waals surface area (Å²) in [6.45, 7) is 0.494. The summed E-state index contributed by atoms with van der Waals surface area (Å²) in [5, 5.41) is 3.65. The number of hydrogen-bond acceptors (Lipinski definition) is 9. The first-order valence-electron chi connectivity index (χ1n) is 12.7. The zero-order chi connectivity index (χ0) is 27.2. The highest BCUT2D eigenvalue weighted by Gasteiger charge is 2.32. The van der Waals surface area contributed by atoms with E-state index < -0.39 is 23.3 Å². The summed E-state index contributed by atoms with van der Waals surface area (Å²) in [5.41, 5.74) is 2.90. The molecule has 39 heavy (non-hydrogen) atoms. The molecule has 2 amide bonds. The second kappa shape index (κ2) is 11.6. The lowest BCUT2D eigenvalue weighted by atomic mass is 10.0. The number of carbonyl (C=O) groups is 3. The van der Waals surface area contributed by atoms with Crippen molar-refractivity contribution in [1.29, 1.82) is 0 Å². The van der Waals surface area contributed by atoms with Gasteiger partial charge in [0.1, 0.15) is 0 Å². The van der Waals surface area contributed by atoms with Crippen molar-refractivity contribution < 1.29 is 19.2 Å². The summed E-state index contributed by atoms with van der Waals surface area (Å²) >= 11 is 0. The standard InChI is InChI=1S/C28H26N6O5/c35-20-15-16-21(36)34(20)39-22(37)14-8-3-9-17-29-28-32-26-25(27(38)33-28)30-23(18-10-4-1-5-11-18)24(31-26)19-12-6-2-7-13-19/h1-2,4-7,10-13H,3,8-9,14-17H2,(H2,29,31,32,33,38). The summed E-state index contributed by atoms with van der Waals surface area (Å²) in [4.78, 5) is 69.3. The van der Waals surface area contributed by atoms with Crippen LogP contribution in [0.1, 0.15) is 38.5 Å². The second-order valence-corrected chi connectivity index (χ2v) is 9.02. The number of hydrogen-bond donors (Lipinski definition) is 2. The number of aromatic nitrogens is 4. The van der Waals surface area contributed by atoms with E-state index in [9.17, 15) is 19.2 Å². The molecule has 2 aromatic carbocycles. The van der Waals surface area contributed by atoms with Crippen LogP contribution in [0.15, 0.2) is 65.5 Å². The molecule has 5 rings (SSSR count). The maximum absolute atomic E-state index is 12.9. The number of rotatable bonds is 10. The molecule has 2 aromatic heterocycles. The van der Waals surface area contributed by atoms with Gasteiger partial charge in [-0.2, -0.15) is 4.98 Å². The summed E-state index contributed by atoms with van der Waals surface area (Å²) in [6.07, 6.45) is 2.10. The Labute approximate surface area is 223 Å². The smallest absolute Gasteiger partial charge is 0.333 e. The minimum Gasteiger partial charge on any atom is -0.356 e. The Morgan fingerprint density at radius 3 is 2.08 bits per heavy atom. The molecule has 1 saturated heterocycles. The molecular formula is C28H26N6O5. The largest absolute Gasteiger partial charge is 0.356 e. The van der Waals surface area contributed by atoms with Gasteiger partial charge in [-0.3, -0.25) is 19.4 Å². The summed E-state index contributed by atoms with van der Waals surface area (Å²) in [6, 6.07) is 19.2. The van der Waals surface area contributed by atoms with E-state index in [1.807, 2.05) is 60.7 Å². The van der Waals surface area contributed by atoms with Crippen molar-refractivity contribution in [3.8, 4) is 22.5 Å². The second-order valence-electron chi connectivity index (χ2n) is 9.02. The molecule has 1 aliphatic heterocycles. The molecular weight excluding hydrogens is 500 g/mol. The van der Waals surface area contributed by atoms with Crippen LogP contribution in [0.3, 0.4) is 0 Å². The maximum Gasteiger partial charge on any atom is 0.333 e. The van der Waals surface area contributed by atoms with Gasteiger partial charge in [0, 0.05) is 36.9 Å². The van der Waals surface area contributed by atoms with E-state index in [0.29, 0.717) is 42.3 Å². The van der Waals surface area contributed by atoms with Crippen LogP contribution in [0.2, 0.25) is 0 Å². The van der Waals surface area contributed by atoms with Crippen LogP contribution < -0.4 is 10.9 Å². The number of carbonyl (C=O) groups excluding carboxylic acids is 3. The quantitative estimate of drug-likeness (QED) is 0.233. The first-order valence-corrected chi connectivity index (χ1v) is 12.7. The summed E-state index contributed by atoms with van der Waals surface area (Å²) in [7, 11) is 0. The van der Waals surface area contributed by atoms with Gasteiger partial charge in [0.05, 0.1) is 11.4 Å². The van der Waals surface area contributed by atoms with Crippen molar-refractivity contribution in [2.24, 2.45) is 0 Å². The molecule has 4 aromatic rings. The van der Waals surface area contributed by atoms with E-state index in [4.69, 9.17) is 9.82 Å². The fourth-order valence-corrected chi connectivity index (χ4v) is 4.22. The molecule has 0 saturated carbocycles. The molecule has 198 valence electrons. The van der Waals surface area contributed by atoms with Crippen LogP contribution >= 0.6 is 0 Å². The van der Waals surface area contributed by atoms with Crippen LogP contribution in [0.25, 0.3) is 33.7 Å². The van der Waals surface area contributed by atoms with Gasteiger partial charge in [0.2, 0.25) is 5.95 Å². The van der Waals surface area contributed by atoms with Gasteiger partial charge in [-0.05, 0) is 12.8 Å². The Hall–Kier alpha value is -4.93. The Morgan fingerprint density at radius 2 is 1.44 bits per heavy atom. The van der Waals surface area contributed by atoms with Crippen molar-refractivity contribution in [2.45, 2.75) is 38.5 Å². The van der Waals surface area contributed by atoms with Gasteiger partial charge in [-0.15, -0.1) is 5.06 Å². The number of unbranched alkanes of at least 4 members (excludes halogenated alkanes) is 2. The number of H-pyrrole nitrogens is 1. The third-order valence-corrected chi connectivity index (χ3v) is 6.19. The molecule has 3 heterocycles. The zero-order valence-electron chi connectivity index (χ0n) is 21.1. The van der Waals surface area contributed by atoms with Crippen molar-refractivity contribution >= 4 is 34.9 Å². The fraction of sp³-hybridized carbons (Fsp3) is 0.250. The Balaban J connectivity index is 1.23. The Kier molecular flexibility index (Phi) is 7.67. The van der Waals surface area contributed by atoms with Gasteiger partial charge < -0.3 is 10.2 Å². The normalized spacial score (nSPS) is 13.2. The number of amides is 2. The number of nitrogens with one attached hydrogen (secondary N) is 2. The van der Waals surface area contributed by atoms with E-state index in [1.54, 1.807) is 0 Å². The van der Waals surface area contributed by atoms with E-state index in [1.165, 1.54) is 0 Å². The number of nitrogens with zero attached hydrogens (tertiary/aromatic N) is 4. The molecule has 1 aliphatic rings. The highest BCUT2D eigenvalue weighted by atomic mass is 16.7. The van der Waals surface area contributed by atoms with Gasteiger partial charge in [-0.25, -0.2) is 14.8 Å². The van der Waals surface area contributed by atoms with Crippen molar-refractivity contribution in [3.63, 3.8) is 0 Å². The molecule has 1 fully saturated rings. The minimum absolute atomic E-state index is 0.0655. The number of aromatic amines is 1. The third-order valence-electron chi connectivity index (χ3n) is 6.19. The number of imide groups is 1. The van der Waals surface area contributed by atoms with Gasteiger partial charge in [-0.1, -0.05) is 67.1 Å². The van der Waals surface area contributed by atoms with Gasteiger partial charge >= 0.3 is 5.97 Å². The van der Waals surface area contributed by atoms with Crippen molar-refractivity contribution in [3.05, 3.63) is 71.0 Å².